The van der Waals surface area contributed by atoms with Crippen molar-refractivity contribution >= 4 is 5.57 Å². The molecule has 1 heterocycles. The third-order valence-corrected chi connectivity index (χ3v) is 4.18. The van der Waals surface area contributed by atoms with Crippen LogP contribution in [0, 0.1) is 0 Å². The predicted molar refractivity (Wildman–Crippen MR) is 106 cm³/mol. The quantitative estimate of drug-likeness (QED) is 0.702. The molecule has 0 saturated heterocycles. The van der Waals surface area contributed by atoms with Crippen LogP contribution in [0.3, 0.4) is 0 Å². The maximum Gasteiger partial charge on any atom is 0.137 e. The van der Waals surface area contributed by atoms with Gasteiger partial charge in [-0.25, -0.2) is 4.98 Å². The van der Waals surface area contributed by atoms with Gasteiger partial charge in [0.25, 0.3) is 0 Å². The molecule has 0 bridgehead atoms. The molecule has 0 atom stereocenters. The van der Waals surface area contributed by atoms with Gasteiger partial charge in [-0.2, -0.15) is 0 Å². The van der Waals surface area contributed by atoms with E-state index in [-0.39, 0.29) is 0 Å². The molecule has 0 unspecified atom stereocenters. The molecule has 3 aromatic rings. The SMILES string of the molecule is COc1ccc(/C(=C/CN(C)C)c2nc(Cc3ccccc3)c[nH]2)cc1. The molecule has 0 fully saturated rings. The highest BCUT2D eigenvalue weighted by atomic mass is 16.5. The summed E-state index contributed by atoms with van der Waals surface area (Å²) in [5.74, 6) is 1.74. The third-order valence-electron chi connectivity index (χ3n) is 4.18. The lowest BCUT2D eigenvalue weighted by Crippen LogP contribution is -2.11. The normalized spacial score (nSPS) is 11.8. The number of imidazole rings is 1. The first-order valence-corrected chi connectivity index (χ1v) is 8.73. The van der Waals surface area contributed by atoms with Gasteiger partial charge in [0.2, 0.25) is 0 Å². The van der Waals surface area contributed by atoms with Crippen LogP contribution in [-0.4, -0.2) is 42.6 Å². The number of likely N-dealkylation sites (N-methyl/N-ethyl adjacent to an activating group) is 1. The van der Waals surface area contributed by atoms with Gasteiger partial charge in [0.1, 0.15) is 11.6 Å². The number of rotatable bonds is 7. The van der Waals surface area contributed by atoms with Gasteiger partial charge in [-0.15, -0.1) is 0 Å². The van der Waals surface area contributed by atoms with E-state index >= 15 is 0 Å². The van der Waals surface area contributed by atoms with E-state index < -0.39 is 0 Å². The lowest BCUT2D eigenvalue weighted by Gasteiger charge is -2.10. The van der Waals surface area contributed by atoms with Crippen molar-refractivity contribution in [2.45, 2.75) is 6.42 Å². The van der Waals surface area contributed by atoms with Crippen LogP contribution >= 0.6 is 0 Å². The topological polar surface area (TPSA) is 41.1 Å². The van der Waals surface area contributed by atoms with Crippen molar-refractivity contribution in [2.75, 3.05) is 27.7 Å². The standard InChI is InChI=1S/C22H25N3O/c1-25(2)14-13-21(18-9-11-20(26-3)12-10-18)22-23-16-19(24-22)15-17-7-5-4-6-8-17/h4-13,16H,14-15H2,1-3H3,(H,23,24)/b21-13-. The number of nitrogens with zero attached hydrogens (tertiary/aromatic N) is 2. The average Bonchev–Trinajstić information content (AvgIpc) is 3.11. The molecule has 2 aromatic carbocycles. The van der Waals surface area contributed by atoms with Crippen molar-refractivity contribution in [1.82, 2.24) is 14.9 Å². The Bertz CT molecular complexity index is 849. The molecule has 1 N–H and O–H groups in total. The Hall–Kier alpha value is -2.85. The number of nitrogens with one attached hydrogen (secondary N) is 1. The van der Waals surface area contributed by atoms with Crippen LogP contribution in [0.5, 0.6) is 5.75 Å². The van der Waals surface area contributed by atoms with Gasteiger partial charge in [0, 0.05) is 24.7 Å². The summed E-state index contributed by atoms with van der Waals surface area (Å²) in [4.78, 5) is 10.3. The number of methoxy groups -OCH3 is 1. The fourth-order valence-electron chi connectivity index (χ4n) is 2.79. The molecular weight excluding hydrogens is 322 g/mol. The van der Waals surface area contributed by atoms with Gasteiger partial charge in [0.05, 0.1) is 12.8 Å². The van der Waals surface area contributed by atoms with E-state index in [0.29, 0.717) is 0 Å². The van der Waals surface area contributed by atoms with E-state index in [1.54, 1.807) is 7.11 Å². The number of H-pyrrole nitrogens is 1. The second kappa shape index (κ2) is 8.50. The van der Waals surface area contributed by atoms with Crippen LogP contribution < -0.4 is 4.74 Å². The van der Waals surface area contributed by atoms with Crippen LogP contribution in [0.15, 0.2) is 66.9 Å². The fourth-order valence-corrected chi connectivity index (χ4v) is 2.79. The maximum atomic E-state index is 5.27. The van der Waals surface area contributed by atoms with Crippen molar-refractivity contribution < 1.29 is 4.74 Å². The minimum absolute atomic E-state index is 0.820. The zero-order chi connectivity index (χ0) is 18.4. The predicted octanol–water partition coefficient (Wildman–Crippen LogP) is 4.00. The number of hydrogen-bond donors (Lipinski definition) is 1. The Morgan fingerprint density at radius 1 is 1.08 bits per heavy atom. The van der Waals surface area contributed by atoms with Crippen LogP contribution in [-0.2, 0) is 6.42 Å². The van der Waals surface area contributed by atoms with Gasteiger partial charge >= 0.3 is 0 Å². The van der Waals surface area contributed by atoms with Crippen LogP contribution in [0.1, 0.15) is 22.6 Å². The number of ether oxygens (including phenoxy) is 1. The number of aromatic nitrogens is 2. The van der Waals surface area contributed by atoms with Crippen LogP contribution in [0.2, 0.25) is 0 Å². The van der Waals surface area contributed by atoms with E-state index in [0.717, 1.165) is 41.4 Å². The van der Waals surface area contributed by atoms with Gasteiger partial charge in [-0.1, -0.05) is 48.5 Å². The molecule has 1 aromatic heterocycles. The monoisotopic (exact) mass is 347 g/mol. The fraction of sp³-hybridized carbons (Fsp3) is 0.227. The Labute approximate surface area is 155 Å². The van der Waals surface area contributed by atoms with Gasteiger partial charge in [0.15, 0.2) is 0 Å². The number of aromatic amines is 1. The summed E-state index contributed by atoms with van der Waals surface area (Å²) in [6, 6.07) is 18.5. The molecule has 0 spiro atoms. The first-order valence-electron chi connectivity index (χ1n) is 8.73. The van der Waals surface area contributed by atoms with Crippen molar-refractivity contribution in [3.05, 3.63) is 89.5 Å². The summed E-state index contributed by atoms with van der Waals surface area (Å²) in [6.45, 7) is 0.843. The Balaban J connectivity index is 1.88. The lowest BCUT2D eigenvalue weighted by molar-refractivity contribution is 0.415. The maximum absolute atomic E-state index is 5.27. The summed E-state index contributed by atoms with van der Waals surface area (Å²) in [7, 11) is 5.80. The van der Waals surface area contributed by atoms with E-state index in [2.05, 4.69) is 66.5 Å². The zero-order valence-corrected chi connectivity index (χ0v) is 15.6. The zero-order valence-electron chi connectivity index (χ0n) is 15.6. The summed E-state index contributed by atoms with van der Waals surface area (Å²) in [5, 5.41) is 0. The average molecular weight is 347 g/mol. The molecule has 0 aliphatic heterocycles. The van der Waals surface area contributed by atoms with E-state index in [1.807, 2.05) is 24.4 Å². The number of benzene rings is 2. The van der Waals surface area contributed by atoms with Crippen molar-refractivity contribution in [1.29, 1.82) is 0 Å². The highest BCUT2D eigenvalue weighted by Crippen LogP contribution is 2.24. The van der Waals surface area contributed by atoms with Gasteiger partial charge < -0.3 is 14.6 Å². The molecule has 4 heteroatoms. The highest BCUT2D eigenvalue weighted by Gasteiger charge is 2.10. The lowest BCUT2D eigenvalue weighted by atomic mass is 10.0. The molecule has 3 rings (SSSR count). The molecule has 134 valence electrons. The molecule has 0 aliphatic rings. The first-order chi connectivity index (χ1) is 12.7. The van der Waals surface area contributed by atoms with E-state index in [9.17, 15) is 0 Å². The summed E-state index contributed by atoms with van der Waals surface area (Å²) in [6.07, 6.45) is 5.02. The minimum atomic E-state index is 0.820. The molecule has 0 saturated carbocycles. The largest absolute Gasteiger partial charge is 0.497 e. The Kier molecular flexibility index (Phi) is 5.87. The minimum Gasteiger partial charge on any atom is -0.497 e. The summed E-state index contributed by atoms with van der Waals surface area (Å²) < 4.78 is 5.27. The van der Waals surface area contributed by atoms with Crippen molar-refractivity contribution in [3.63, 3.8) is 0 Å². The Morgan fingerprint density at radius 3 is 2.46 bits per heavy atom. The van der Waals surface area contributed by atoms with Crippen molar-refractivity contribution in [2.24, 2.45) is 0 Å². The first kappa shape index (κ1) is 18.0. The molecule has 0 amide bonds. The van der Waals surface area contributed by atoms with Gasteiger partial charge in [-0.3, -0.25) is 0 Å². The third kappa shape index (κ3) is 4.61. The molecule has 0 aliphatic carbocycles. The number of hydrogen-bond acceptors (Lipinski definition) is 3. The highest BCUT2D eigenvalue weighted by molar-refractivity contribution is 5.76. The Morgan fingerprint density at radius 2 is 1.81 bits per heavy atom. The van der Waals surface area contributed by atoms with Crippen molar-refractivity contribution in [3.8, 4) is 5.75 Å². The van der Waals surface area contributed by atoms with E-state index in [4.69, 9.17) is 9.72 Å². The van der Waals surface area contributed by atoms with Crippen LogP contribution in [0.4, 0.5) is 0 Å². The molecule has 4 nitrogen and oxygen atoms in total. The molecule has 0 radical (unpaired) electrons. The van der Waals surface area contributed by atoms with E-state index in [1.165, 1.54) is 5.56 Å². The second-order valence-corrected chi connectivity index (χ2v) is 6.51. The summed E-state index contributed by atoms with van der Waals surface area (Å²) in [5.41, 5.74) is 4.51. The van der Waals surface area contributed by atoms with Gasteiger partial charge in [-0.05, 0) is 37.4 Å². The molecular formula is C22H25N3O. The van der Waals surface area contributed by atoms with Crippen LogP contribution in [0.25, 0.3) is 5.57 Å². The summed E-state index contributed by atoms with van der Waals surface area (Å²) >= 11 is 0. The second-order valence-electron chi connectivity index (χ2n) is 6.51. The molecule has 26 heavy (non-hydrogen) atoms. The smallest absolute Gasteiger partial charge is 0.137 e.